The Morgan fingerprint density at radius 1 is 0.438 bits per heavy atom. The van der Waals surface area contributed by atoms with Crippen LogP contribution in [0.5, 0.6) is 17.2 Å². The zero-order valence-corrected chi connectivity index (χ0v) is 22.5. The number of hydrogen-bond donors (Lipinski definition) is 3. The quantitative estimate of drug-likeness (QED) is 0.152. The van der Waals surface area contributed by atoms with Gasteiger partial charge in [-0.15, -0.1) is 12.1 Å². The molecule has 0 aliphatic carbocycles. The topological polar surface area (TPSA) is 60.7 Å². The Hall–Kier alpha value is -2.98. The molecule has 3 nitrogen and oxygen atoms in total. The van der Waals surface area contributed by atoms with Gasteiger partial charge in [-0.1, -0.05) is 59.2 Å². The van der Waals surface area contributed by atoms with Gasteiger partial charge < -0.3 is 15.3 Å². The first-order valence-corrected chi connectivity index (χ1v) is 9.90. The summed E-state index contributed by atoms with van der Waals surface area (Å²) in [4.78, 5) is 0. The minimum atomic E-state index is 0. The molecule has 0 aliphatic rings. The molecule has 0 saturated heterocycles. The summed E-state index contributed by atoms with van der Waals surface area (Å²) in [5, 5.41) is 26.3. The van der Waals surface area contributed by atoms with Gasteiger partial charge in [-0.2, -0.15) is 24.6 Å². The van der Waals surface area contributed by atoms with Crippen LogP contribution in [0.1, 0.15) is 22.3 Å². The molecule has 4 aromatic rings. The summed E-state index contributed by atoms with van der Waals surface area (Å²) in [6.45, 7) is 9.68. The molecule has 0 saturated carbocycles. The summed E-state index contributed by atoms with van der Waals surface area (Å²) >= 11 is 0. The average molecular weight is 594 g/mol. The number of benzene rings is 4. The fraction of sp³-hybridized carbons (Fsp3) is 0.107. The maximum Gasteiger partial charge on any atom is 0.115 e. The van der Waals surface area contributed by atoms with Crippen molar-refractivity contribution in [1.29, 1.82) is 0 Å². The van der Waals surface area contributed by atoms with E-state index < -0.39 is 0 Å². The van der Waals surface area contributed by atoms with Gasteiger partial charge >= 0.3 is 0 Å². The van der Waals surface area contributed by atoms with E-state index in [0.29, 0.717) is 17.2 Å². The van der Waals surface area contributed by atoms with Crippen molar-refractivity contribution in [3.8, 4) is 17.2 Å². The summed E-state index contributed by atoms with van der Waals surface area (Å²) in [5.41, 5.74) is 4.58. The third kappa shape index (κ3) is 14.9. The standard InChI is InChI=1S/3C7H8O.C7H7.Hf/c3*1-6-2-4-7(8)5-3-6;1-7-5-3-2-4-6-7;/h3*2-5,8H,1H3;2-6H,1H2;/q;;;-1;. The summed E-state index contributed by atoms with van der Waals surface area (Å²) < 4.78 is 0. The van der Waals surface area contributed by atoms with E-state index in [1.807, 2.05) is 87.5 Å². The monoisotopic (exact) mass is 595 g/mol. The van der Waals surface area contributed by atoms with Crippen molar-refractivity contribution >= 4 is 0 Å². The average Bonchev–Trinajstić information content (AvgIpc) is 2.76. The van der Waals surface area contributed by atoms with Crippen LogP contribution in [0.3, 0.4) is 0 Å². The van der Waals surface area contributed by atoms with Crippen molar-refractivity contribution in [2.24, 2.45) is 0 Å². The van der Waals surface area contributed by atoms with E-state index in [2.05, 4.69) is 6.92 Å². The fourth-order valence-corrected chi connectivity index (χ4v) is 2.11. The van der Waals surface area contributed by atoms with Crippen LogP contribution >= 0.6 is 0 Å². The Morgan fingerprint density at radius 3 is 0.844 bits per heavy atom. The Bertz CT molecular complexity index is 799. The molecule has 4 rings (SSSR count). The molecule has 0 aromatic heterocycles. The van der Waals surface area contributed by atoms with Gasteiger partial charge in [0.25, 0.3) is 0 Å². The molecule has 0 atom stereocenters. The van der Waals surface area contributed by atoms with Gasteiger partial charge in [0.1, 0.15) is 17.2 Å². The molecule has 4 aromatic carbocycles. The molecule has 0 amide bonds. The summed E-state index contributed by atoms with van der Waals surface area (Å²) in [5.74, 6) is 0.988. The van der Waals surface area contributed by atoms with Crippen molar-refractivity contribution in [3.63, 3.8) is 0 Å². The predicted octanol–water partition coefficient (Wildman–Crippen LogP) is 6.97. The van der Waals surface area contributed by atoms with E-state index in [-0.39, 0.29) is 25.8 Å². The van der Waals surface area contributed by atoms with E-state index >= 15 is 0 Å². The first-order valence-electron chi connectivity index (χ1n) is 9.90. The number of phenols is 3. The summed E-state index contributed by atoms with van der Waals surface area (Å²) in [6.07, 6.45) is 0. The minimum Gasteiger partial charge on any atom is -0.508 e. The second kappa shape index (κ2) is 16.7. The molecule has 0 bridgehead atoms. The van der Waals surface area contributed by atoms with E-state index in [0.717, 1.165) is 5.56 Å². The van der Waals surface area contributed by atoms with E-state index in [1.54, 1.807) is 36.4 Å². The van der Waals surface area contributed by atoms with Crippen LogP contribution in [0.2, 0.25) is 0 Å². The molecule has 0 heterocycles. The van der Waals surface area contributed by atoms with Crippen LogP contribution in [-0.2, 0) is 25.8 Å². The van der Waals surface area contributed by atoms with Crippen LogP contribution in [0.4, 0.5) is 0 Å². The Kier molecular flexibility index (Phi) is 15.1. The number of hydrogen-bond acceptors (Lipinski definition) is 3. The SMILES string of the molecule is Cc1ccc(O)cc1.Cc1ccc(O)cc1.Cc1ccc(O)cc1.[CH2-]c1ccccc1.[Hf]. The molecular formula is C28H31HfO3-. The van der Waals surface area contributed by atoms with E-state index in [9.17, 15) is 0 Å². The van der Waals surface area contributed by atoms with Crippen LogP contribution in [-0.4, -0.2) is 15.3 Å². The number of aryl methyl sites for hydroxylation is 3. The molecule has 0 unspecified atom stereocenters. The molecule has 4 heteroatoms. The third-order valence-electron chi connectivity index (χ3n) is 3.94. The van der Waals surface area contributed by atoms with Crippen LogP contribution < -0.4 is 0 Å². The molecule has 0 fully saturated rings. The number of rotatable bonds is 0. The van der Waals surface area contributed by atoms with Crippen LogP contribution in [0.15, 0.2) is 103 Å². The molecule has 0 aliphatic heterocycles. The number of phenolic OH excluding ortho intramolecular Hbond substituents is 3. The zero-order valence-electron chi connectivity index (χ0n) is 18.9. The first-order chi connectivity index (χ1) is 14.8. The molecular weight excluding hydrogens is 563 g/mol. The summed E-state index contributed by atoms with van der Waals surface area (Å²) in [6, 6.07) is 31.2. The molecule has 32 heavy (non-hydrogen) atoms. The molecule has 3 N–H and O–H groups in total. The first kappa shape index (κ1) is 29.0. The Labute approximate surface area is 210 Å². The van der Waals surface area contributed by atoms with Crippen molar-refractivity contribution in [3.05, 3.63) is 132 Å². The van der Waals surface area contributed by atoms with Crippen molar-refractivity contribution in [2.75, 3.05) is 0 Å². The maximum atomic E-state index is 8.76. The van der Waals surface area contributed by atoms with Gasteiger partial charge in [-0.25, -0.2) is 0 Å². The third-order valence-corrected chi connectivity index (χ3v) is 3.94. The number of aromatic hydroxyl groups is 3. The second-order valence-electron chi connectivity index (χ2n) is 6.99. The zero-order chi connectivity index (χ0) is 23.1. The Balaban J connectivity index is 0.000000397. The second-order valence-corrected chi connectivity index (χ2v) is 6.99. The van der Waals surface area contributed by atoms with Gasteiger partial charge in [-0.05, 0) is 57.2 Å². The van der Waals surface area contributed by atoms with Crippen molar-refractivity contribution in [1.82, 2.24) is 0 Å². The predicted molar refractivity (Wildman–Crippen MR) is 129 cm³/mol. The molecule has 0 radical (unpaired) electrons. The van der Waals surface area contributed by atoms with Gasteiger partial charge in [0, 0.05) is 25.8 Å². The van der Waals surface area contributed by atoms with Gasteiger partial charge in [0.05, 0.1) is 0 Å². The van der Waals surface area contributed by atoms with Gasteiger partial charge in [0.15, 0.2) is 0 Å². The molecule has 0 spiro atoms. The maximum absolute atomic E-state index is 8.76. The van der Waals surface area contributed by atoms with E-state index in [1.165, 1.54) is 16.7 Å². The van der Waals surface area contributed by atoms with Crippen molar-refractivity contribution in [2.45, 2.75) is 20.8 Å². The van der Waals surface area contributed by atoms with Crippen LogP contribution in [0.25, 0.3) is 0 Å². The van der Waals surface area contributed by atoms with Gasteiger partial charge in [-0.3, -0.25) is 0 Å². The minimum absolute atomic E-state index is 0. The fourth-order valence-electron chi connectivity index (χ4n) is 2.11. The smallest absolute Gasteiger partial charge is 0.115 e. The van der Waals surface area contributed by atoms with E-state index in [4.69, 9.17) is 15.3 Å². The van der Waals surface area contributed by atoms with Crippen LogP contribution in [0, 0.1) is 27.7 Å². The largest absolute Gasteiger partial charge is 0.508 e. The normalized spacial score (nSPS) is 8.72. The summed E-state index contributed by atoms with van der Waals surface area (Å²) in [7, 11) is 0. The van der Waals surface area contributed by atoms with Gasteiger partial charge in [0.2, 0.25) is 0 Å². The Morgan fingerprint density at radius 2 is 0.688 bits per heavy atom. The molecule has 166 valence electrons. The van der Waals surface area contributed by atoms with Crippen molar-refractivity contribution < 1.29 is 41.2 Å².